The lowest BCUT2D eigenvalue weighted by Gasteiger charge is -2.27. The van der Waals surface area contributed by atoms with Crippen LogP contribution in [0.25, 0.3) is 0 Å². The number of carbonyl (C=O) groups is 1. The SMILES string of the molecule is CCNC(=S)N(CC(=O)NC)CC(OC)OC. The van der Waals surface area contributed by atoms with Crippen LogP contribution in [-0.2, 0) is 14.3 Å². The first-order valence-corrected chi connectivity index (χ1v) is 5.78. The zero-order chi connectivity index (χ0) is 13.3. The van der Waals surface area contributed by atoms with Crippen molar-refractivity contribution < 1.29 is 14.3 Å². The van der Waals surface area contributed by atoms with E-state index in [0.717, 1.165) is 0 Å². The standard InChI is InChI=1S/C10H21N3O3S/c1-5-12-10(17)13(6-8(14)11-2)7-9(15-3)16-4/h9H,5-7H2,1-4H3,(H,11,14)(H,12,17). The molecule has 7 heteroatoms. The fraction of sp³-hybridized carbons (Fsp3) is 0.800. The van der Waals surface area contributed by atoms with E-state index in [1.54, 1.807) is 26.2 Å². The summed E-state index contributed by atoms with van der Waals surface area (Å²) < 4.78 is 10.2. The average Bonchev–Trinajstić information content (AvgIpc) is 2.34. The molecule has 0 saturated carbocycles. The Hall–Kier alpha value is -0.920. The zero-order valence-corrected chi connectivity index (χ0v) is 11.6. The van der Waals surface area contributed by atoms with Gasteiger partial charge in [-0.05, 0) is 19.1 Å². The van der Waals surface area contributed by atoms with Gasteiger partial charge in [0.25, 0.3) is 0 Å². The number of hydrogen-bond donors (Lipinski definition) is 2. The van der Waals surface area contributed by atoms with E-state index in [1.807, 2.05) is 6.92 Å². The molecule has 1 amide bonds. The van der Waals surface area contributed by atoms with Crippen LogP contribution in [0.4, 0.5) is 0 Å². The third-order valence-corrected chi connectivity index (χ3v) is 2.53. The summed E-state index contributed by atoms with van der Waals surface area (Å²) in [6.45, 7) is 3.21. The number of amides is 1. The van der Waals surface area contributed by atoms with Crippen molar-refractivity contribution in [3.05, 3.63) is 0 Å². The van der Waals surface area contributed by atoms with E-state index in [-0.39, 0.29) is 12.5 Å². The number of ether oxygens (including phenoxy) is 2. The Morgan fingerprint density at radius 3 is 2.41 bits per heavy atom. The Bertz CT molecular complexity index is 247. The number of carbonyl (C=O) groups excluding carboxylic acids is 1. The molecule has 6 nitrogen and oxygen atoms in total. The molecule has 17 heavy (non-hydrogen) atoms. The van der Waals surface area contributed by atoms with Gasteiger partial charge in [-0.25, -0.2) is 0 Å². The van der Waals surface area contributed by atoms with E-state index >= 15 is 0 Å². The van der Waals surface area contributed by atoms with Gasteiger partial charge < -0.3 is 25.0 Å². The molecule has 0 aliphatic heterocycles. The van der Waals surface area contributed by atoms with E-state index < -0.39 is 6.29 Å². The van der Waals surface area contributed by atoms with Crippen LogP contribution >= 0.6 is 12.2 Å². The normalized spacial score (nSPS) is 10.2. The summed E-state index contributed by atoms with van der Waals surface area (Å²) >= 11 is 5.18. The van der Waals surface area contributed by atoms with Crippen LogP contribution in [0.15, 0.2) is 0 Å². The van der Waals surface area contributed by atoms with Crippen LogP contribution in [0, 0.1) is 0 Å². The van der Waals surface area contributed by atoms with Gasteiger partial charge in [-0.3, -0.25) is 4.79 Å². The molecule has 0 fully saturated rings. The van der Waals surface area contributed by atoms with E-state index in [2.05, 4.69) is 10.6 Å². The van der Waals surface area contributed by atoms with Crippen LogP contribution in [0.2, 0.25) is 0 Å². The number of nitrogens with zero attached hydrogens (tertiary/aromatic N) is 1. The van der Waals surface area contributed by atoms with Gasteiger partial charge in [0.2, 0.25) is 5.91 Å². The van der Waals surface area contributed by atoms with Crippen LogP contribution in [0.5, 0.6) is 0 Å². The van der Waals surface area contributed by atoms with Crippen molar-refractivity contribution in [1.29, 1.82) is 0 Å². The topological polar surface area (TPSA) is 62.8 Å². The molecule has 0 aromatic carbocycles. The molecule has 0 bridgehead atoms. The monoisotopic (exact) mass is 263 g/mol. The minimum atomic E-state index is -0.420. The number of methoxy groups -OCH3 is 2. The Labute approximate surface area is 108 Å². The summed E-state index contributed by atoms with van der Waals surface area (Å²) in [6, 6.07) is 0. The van der Waals surface area contributed by atoms with Crippen LogP contribution in [0.1, 0.15) is 6.92 Å². The molecule has 0 radical (unpaired) electrons. The molecule has 0 saturated heterocycles. The molecule has 0 rings (SSSR count). The molecule has 0 atom stereocenters. The van der Waals surface area contributed by atoms with E-state index in [4.69, 9.17) is 21.7 Å². The maximum atomic E-state index is 11.4. The van der Waals surface area contributed by atoms with Crippen molar-refractivity contribution in [2.45, 2.75) is 13.2 Å². The first-order chi connectivity index (χ1) is 8.08. The third kappa shape index (κ3) is 6.40. The molecule has 2 N–H and O–H groups in total. The van der Waals surface area contributed by atoms with E-state index in [1.165, 1.54) is 0 Å². The average molecular weight is 263 g/mol. The number of rotatable bonds is 7. The maximum absolute atomic E-state index is 11.4. The van der Waals surface area contributed by atoms with Gasteiger partial charge in [-0.2, -0.15) is 0 Å². The third-order valence-electron chi connectivity index (χ3n) is 2.12. The molecule has 0 spiro atoms. The Morgan fingerprint density at radius 1 is 1.41 bits per heavy atom. The Kier molecular flexibility index (Phi) is 8.65. The van der Waals surface area contributed by atoms with Crippen LogP contribution in [0.3, 0.4) is 0 Å². The number of thiocarbonyl (C=S) groups is 1. The van der Waals surface area contributed by atoms with Gasteiger partial charge in [0.05, 0.1) is 13.1 Å². The van der Waals surface area contributed by atoms with Gasteiger partial charge in [-0.1, -0.05) is 0 Å². The second-order valence-electron chi connectivity index (χ2n) is 3.29. The summed E-state index contributed by atoms with van der Waals surface area (Å²) in [4.78, 5) is 13.1. The summed E-state index contributed by atoms with van der Waals surface area (Å²) in [5, 5.41) is 6.06. The van der Waals surface area contributed by atoms with Gasteiger partial charge in [0.1, 0.15) is 0 Å². The lowest BCUT2D eigenvalue weighted by Crippen LogP contribution is -2.48. The molecule has 0 aromatic heterocycles. The van der Waals surface area contributed by atoms with Gasteiger partial charge in [0, 0.05) is 27.8 Å². The summed E-state index contributed by atoms with van der Waals surface area (Å²) in [5.41, 5.74) is 0. The molecular weight excluding hydrogens is 242 g/mol. The number of hydrogen-bond acceptors (Lipinski definition) is 4. The minimum absolute atomic E-state index is 0.115. The number of likely N-dealkylation sites (N-methyl/N-ethyl adjacent to an activating group) is 1. The molecule has 0 aromatic rings. The first-order valence-electron chi connectivity index (χ1n) is 5.37. The highest BCUT2D eigenvalue weighted by Gasteiger charge is 2.17. The van der Waals surface area contributed by atoms with Crippen LogP contribution in [-0.4, -0.2) is 63.1 Å². The van der Waals surface area contributed by atoms with Crippen molar-refractivity contribution in [3.63, 3.8) is 0 Å². The zero-order valence-electron chi connectivity index (χ0n) is 10.8. The highest BCUT2D eigenvalue weighted by atomic mass is 32.1. The fourth-order valence-electron chi connectivity index (χ4n) is 1.16. The summed E-state index contributed by atoms with van der Waals surface area (Å²) in [7, 11) is 4.67. The van der Waals surface area contributed by atoms with Crippen molar-refractivity contribution in [3.8, 4) is 0 Å². The minimum Gasteiger partial charge on any atom is -0.363 e. The Balaban J connectivity index is 4.48. The number of nitrogens with one attached hydrogen (secondary N) is 2. The highest BCUT2D eigenvalue weighted by Crippen LogP contribution is 1.98. The Morgan fingerprint density at radius 2 is 2.00 bits per heavy atom. The van der Waals surface area contributed by atoms with Crippen molar-refractivity contribution in [2.75, 3.05) is 40.9 Å². The second kappa shape index (κ2) is 9.15. The molecule has 0 heterocycles. The van der Waals surface area contributed by atoms with Crippen molar-refractivity contribution in [2.24, 2.45) is 0 Å². The fourth-order valence-corrected chi connectivity index (χ4v) is 1.44. The molecule has 0 unspecified atom stereocenters. The summed E-state index contributed by atoms with van der Waals surface area (Å²) in [5.74, 6) is -0.115. The first kappa shape index (κ1) is 16.1. The second-order valence-corrected chi connectivity index (χ2v) is 3.68. The predicted octanol–water partition coefficient (Wildman–Crippen LogP) is -0.452. The van der Waals surface area contributed by atoms with E-state index in [9.17, 15) is 4.79 Å². The summed E-state index contributed by atoms with van der Waals surface area (Å²) in [6.07, 6.45) is -0.420. The van der Waals surface area contributed by atoms with Gasteiger partial charge >= 0.3 is 0 Å². The van der Waals surface area contributed by atoms with Gasteiger partial charge in [-0.15, -0.1) is 0 Å². The largest absolute Gasteiger partial charge is 0.363 e. The van der Waals surface area contributed by atoms with Crippen LogP contribution < -0.4 is 10.6 Å². The van der Waals surface area contributed by atoms with Gasteiger partial charge in [0.15, 0.2) is 11.4 Å². The lowest BCUT2D eigenvalue weighted by molar-refractivity contribution is -0.125. The smallest absolute Gasteiger partial charge is 0.239 e. The van der Waals surface area contributed by atoms with Crippen molar-refractivity contribution >= 4 is 23.2 Å². The maximum Gasteiger partial charge on any atom is 0.239 e. The highest BCUT2D eigenvalue weighted by molar-refractivity contribution is 7.80. The predicted molar refractivity (Wildman–Crippen MR) is 69.7 cm³/mol. The molecule has 100 valence electrons. The quantitative estimate of drug-likeness (QED) is 0.479. The van der Waals surface area contributed by atoms with Crippen molar-refractivity contribution in [1.82, 2.24) is 15.5 Å². The lowest BCUT2D eigenvalue weighted by atomic mass is 10.4. The molecule has 0 aliphatic carbocycles. The van der Waals surface area contributed by atoms with E-state index in [0.29, 0.717) is 18.2 Å². The molecule has 0 aliphatic rings. The molecular formula is C10H21N3O3S.